The van der Waals surface area contributed by atoms with Gasteiger partial charge < -0.3 is 10.2 Å². The number of benzene rings is 3. The van der Waals surface area contributed by atoms with Gasteiger partial charge in [-0.25, -0.2) is 8.78 Å². The molecule has 0 saturated heterocycles. The van der Waals surface area contributed by atoms with E-state index in [9.17, 15) is 18.4 Å². The van der Waals surface area contributed by atoms with E-state index in [-0.39, 0.29) is 17.9 Å². The first-order valence-electron chi connectivity index (χ1n) is 10.2. The molecule has 1 heterocycles. The molecule has 0 radical (unpaired) electrons. The van der Waals surface area contributed by atoms with Crippen LogP contribution >= 0.6 is 0 Å². The molecule has 32 heavy (non-hydrogen) atoms. The molecular formula is C26H22F2N2O2. The minimum Gasteiger partial charge on any atom is -0.340 e. The Morgan fingerprint density at radius 3 is 2.38 bits per heavy atom. The Kier molecular flexibility index (Phi) is 5.86. The normalized spacial score (nSPS) is 14.1. The molecule has 1 aliphatic rings. The largest absolute Gasteiger partial charge is 0.340 e. The minimum atomic E-state index is -0.842. The SMILES string of the molecule is CC(=O)[C@@H](NC(=O)C1=C(C)N(c2cccc(F)c2)Cc2c(F)cccc21)c1ccccc1. The number of nitrogens with zero attached hydrogens (tertiary/aromatic N) is 1. The summed E-state index contributed by atoms with van der Waals surface area (Å²) in [4.78, 5) is 27.5. The van der Waals surface area contributed by atoms with Gasteiger partial charge in [-0.05, 0) is 49.2 Å². The van der Waals surface area contributed by atoms with E-state index in [1.54, 1.807) is 60.4 Å². The van der Waals surface area contributed by atoms with Crippen molar-refractivity contribution in [3.8, 4) is 0 Å². The fourth-order valence-corrected chi connectivity index (χ4v) is 4.04. The molecule has 1 amide bonds. The Bertz CT molecular complexity index is 1220. The molecule has 0 spiro atoms. The van der Waals surface area contributed by atoms with Crippen LogP contribution < -0.4 is 10.2 Å². The van der Waals surface area contributed by atoms with Crippen molar-refractivity contribution in [2.24, 2.45) is 0 Å². The molecule has 0 fully saturated rings. The summed E-state index contributed by atoms with van der Waals surface area (Å²) in [6, 6.07) is 18.6. The number of amides is 1. The number of nitrogens with one attached hydrogen (secondary N) is 1. The summed E-state index contributed by atoms with van der Waals surface area (Å²) in [6.45, 7) is 3.30. The first kappa shape index (κ1) is 21.4. The number of anilines is 1. The molecule has 6 heteroatoms. The smallest absolute Gasteiger partial charge is 0.254 e. The first-order valence-corrected chi connectivity index (χ1v) is 10.2. The van der Waals surface area contributed by atoms with Crippen LogP contribution in [0.3, 0.4) is 0 Å². The summed E-state index contributed by atoms with van der Waals surface area (Å²) < 4.78 is 28.6. The molecule has 4 rings (SSSR count). The van der Waals surface area contributed by atoms with E-state index >= 15 is 0 Å². The fourth-order valence-electron chi connectivity index (χ4n) is 4.04. The number of Topliss-reactive ketones (excluding diaryl/α,β-unsaturated/α-hetero) is 1. The standard InChI is InChI=1S/C26H22F2N2O2/c1-16-24(26(32)29-25(17(2)31)18-8-4-3-5-9-18)21-12-7-13-23(28)22(21)15-30(16)20-11-6-10-19(27)14-20/h3-14,25H,15H2,1-2H3,(H,29,32)/t25-/m1/s1. The van der Waals surface area contributed by atoms with Crippen molar-refractivity contribution >= 4 is 23.0 Å². The van der Waals surface area contributed by atoms with Gasteiger partial charge in [0.15, 0.2) is 5.78 Å². The molecule has 3 aromatic carbocycles. The molecular weight excluding hydrogens is 410 g/mol. The van der Waals surface area contributed by atoms with E-state index in [4.69, 9.17) is 0 Å². The molecule has 0 saturated carbocycles. The molecule has 4 nitrogen and oxygen atoms in total. The summed E-state index contributed by atoms with van der Waals surface area (Å²) in [5.74, 6) is -1.60. The zero-order chi connectivity index (χ0) is 22.8. The van der Waals surface area contributed by atoms with Crippen molar-refractivity contribution in [1.82, 2.24) is 5.32 Å². The number of carbonyl (C=O) groups is 2. The van der Waals surface area contributed by atoms with E-state index in [0.29, 0.717) is 28.1 Å². The van der Waals surface area contributed by atoms with Crippen molar-refractivity contribution < 1.29 is 18.4 Å². The van der Waals surface area contributed by atoms with E-state index in [1.165, 1.54) is 25.1 Å². The van der Waals surface area contributed by atoms with Crippen LogP contribution in [-0.2, 0) is 16.1 Å². The Labute approximate surface area is 185 Å². The summed E-state index contributed by atoms with van der Waals surface area (Å²) in [6.07, 6.45) is 0. The van der Waals surface area contributed by atoms with Gasteiger partial charge in [0.2, 0.25) is 0 Å². The third kappa shape index (κ3) is 4.04. The van der Waals surface area contributed by atoms with Crippen molar-refractivity contribution in [3.05, 3.63) is 107 Å². The van der Waals surface area contributed by atoms with Crippen LogP contribution in [0.15, 0.2) is 78.5 Å². The van der Waals surface area contributed by atoms with Gasteiger partial charge in [0, 0.05) is 16.9 Å². The number of halogens is 2. The van der Waals surface area contributed by atoms with Gasteiger partial charge in [-0.3, -0.25) is 9.59 Å². The van der Waals surface area contributed by atoms with Crippen LogP contribution in [0.2, 0.25) is 0 Å². The number of hydrogen-bond acceptors (Lipinski definition) is 3. The minimum absolute atomic E-state index is 0.156. The molecule has 1 atom stereocenters. The van der Waals surface area contributed by atoms with E-state index in [1.807, 2.05) is 6.07 Å². The van der Waals surface area contributed by atoms with Gasteiger partial charge in [-0.2, -0.15) is 0 Å². The van der Waals surface area contributed by atoms with E-state index in [2.05, 4.69) is 5.32 Å². The Morgan fingerprint density at radius 1 is 0.969 bits per heavy atom. The summed E-state index contributed by atoms with van der Waals surface area (Å²) in [5, 5.41) is 2.81. The molecule has 0 aliphatic carbocycles. The number of carbonyl (C=O) groups excluding carboxylic acids is 2. The van der Waals surface area contributed by atoms with Crippen molar-refractivity contribution in [2.45, 2.75) is 26.4 Å². The van der Waals surface area contributed by atoms with E-state index < -0.39 is 23.6 Å². The highest BCUT2D eigenvalue weighted by atomic mass is 19.1. The van der Waals surface area contributed by atoms with Crippen LogP contribution in [0.25, 0.3) is 5.57 Å². The van der Waals surface area contributed by atoms with Crippen molar-refractivity contribution in [1.29, 1.82) is 0 Å². The molecule has 3 aromatic rings. The van der Waals surface area contributed by atoms with Crippen molar-refractivity contribution in [3.63, 3.8) is 0 Å². The lowest BCUT2D eigenvalue weighted by molar-refractivity contribution is -0.124. The molecule has 1 N–H and O–H groups in total. The summed E-state index contributed by atoms with van der Waals surface area (Å²) >= 11 is 0. The summed E-state index contributed by atoms with van der Waals surface area (Å²) in [5.41, 5.74) is 2.75. The van der Waals surface area contributed by atoms with Crippen LogP contribution in [0.4, 0.5) is 14.5 Å². The number of fused-ring (bicyclic) bond motifs is 1. The fraction of sp³-hybridized carbons (Fsp3) is 0.154. The van der Waals surface area contributed by atoms with Gasteiger partial charge in [-0.1, -0.05) is 48.5 Å². The topological polar surface area (TPSA) is 49.4 Å². The summed E-state index contributed by atoms with van der Waals surface area (Å²) in [7, 11) is 0. The second-order valence-corrected chi connectivity index (χ2v) is 7.72. The lowest BCUT2D eigenvalue weighted by Crippen LogP contribution is -2.37. The molecule has 0 bridgehead atoms. The molecule has 162 valence electrons. The van der Waals surface area contributed by atoms with Gasteiger partial charge in [0.1, 0.15) is 17.7 Å². The average molecular weight is 432 g/mol. The van der Waals surface area contributed by atoms with Crippen LogP contribution in [0.1, 0.15) is 36.6 Å². The maximum atomic E-state index is 14.8. The third-order valence-electron chi connectivity index (χ3n) is 5.63. The van der Waals surface area contributed by atoms with Gasteiger partial charge in [-0.15, -0.1) is 0 Å². The highest BCUT2D eigenvalue weighted by Gasteiger charge is 2.31. The lowest BCUT2D eigenvalue weighted by Gasteiger charge is -2.34. The monoisotopic (exact) mass is 432 g/mol. The highest BCUT2D eigenvalue weighted by Crippen LogP contribution is 2.36. The maximum Gasteiger partial charge on any atom is 0.254 e. The third-order valence-corrected chi connectivity index (χ3v) is 5.63. The lowest BCUT2D eigenvalue weighted by atomic mass is 9.91. The Balaban J connectivity index is 1.80. The van der Waals surface area contributed by atoms with Crippen LogP contribution in [0.5, 0.6) is 0 Å². The molecule has 0 aromatic heterocycles. The van der Waals surface area contributed by atoms with Gasteiger partial charge in [0.05, 0.1) is 12.1 Å². The predicted molar refractivity (Wildman–Crippen MR) is 120 cm³/mol. The first-order chi connectivity index (χ1) is 15.4. The maximum absolute atomic E-state index is 14.8. The number of rotatable bonds is 5. The quantitative estimate of drug-likeness (QED) is 0.606. The second kappa shape index (κ2) is 8.75. The van der Waals surface area contributed by atoms with E-state index in [0.717, 1.165) is 0 Å². The predicted octanol–water partition coefficient (Wildman–Crippen LogP) is 5.16. The van der Waals surface area contributed by atoms with Gasteiger partial charge in [0.25, 0.3) is 5.91 Å². The second-order valence-electron chi connectivity index (χ2n) is 7.72. The Hall–Kier alpha value is -3.80. The molecule has 1 aliphatic heterocycles. The van der Waals surface area contributed by atoms with Crippen LogP contribution in [-0.4, -0.2) is 11.7 Å². The van der Waals surface area contributed by atoms with Crippen molar-refractivity contribution in [2.75, 3.05) is 4.90 Å². The van der Waals surface area contributed by atoms with Crippen LogP contribution in [0, 0.1) is 11.6 Å². The zero-order valence-electron chi connectivity index (χ0n) is 17.7. The number of ketones is 1. The number of allylic oxidation sites excluding steroid dienone is 1. The number of hydrogen-bond donors (Lipinski definition) is 1. The molecule has 0 unspecified atom stereocenters. The zero-order valence-corrected chi connectivity index (χ0v) is 17.7. The highest BCUT2D eigenvalue weighted by molar-refractivity contribution is 6.22. The average Bonchev–Trinajstić information content (AvgIpc) is 2.77. The Morgan fingerprint density at radius 2 is 1.69 bits per heavy atom. The van der Waals surface area contributed by atoms with Gasteiger partial charge >= 0.3 is 0 Å².